The normalized spacial score (nSPS) is 44.2. The van der Waals surface area contributed by atoms with E-state index in [-0.39, 0.29) is 17.9 Å². The summed E-state index contributed by atoms with van der Waals surface area (Å²) in [5.74, 6) is 9.47. The minimum atomic E-state index is 0.140. The highest BCUT2D eigenvalue weighted by atomic mass is 16.5. The third kappa shape index (κ3) is 3.42. The molecule has 4 rings (SSSR count). The van der Waals surface area contributed by atoms with Crippen molar-refractivity contribution in [3.05, 3.63) is 12.4 Å². The number of fused-ring (bicyclic) bond motifs is 5. The Morgan fingerprint density at radius 3 is 2.69 bits per heavy atom. The molecule has 0 heterocycles. The van der Waals surface area contributed by atoms with Gasteiger partial charge in [-0.3, -0.25) is 4.79 Å². The number of ketones is 1. The molecule has 0 aromatic carbocycles. The number of Topliss-reactive ketones (excluding diaryl/α,β-unsaturated/α-hetero) is 1. The zero-order valence-corrected chi connectivity index (χ0v) is 18.4. The first-order chi connectivity index (χ1) is 14.0. The van der Waals surface area contributed by atoms with Gasteiger partial charge in [0.25, 0.3) is 0 Å². The van der Waals surface area contributed by atoms with Crippen LogP contribution in [-0.2, 0) is 9.53 Å². The maximum atomic E-state index is 13.1. The van der Waals surface area contributed by atoms with Crippen molar-refractivity contribution in [3.63, 3.8) is 0 Å². The molecule has 5 heteroatoms. The molecule has 4 N–H and O–H groups in total. The minimum absolute atomic E-state index is 0.140. The predicted octanol–water partition coefficient (Wildman–Crippen LogP) is 3.84. The predicted molar refractivity (Wildman–Crippen MR) is 115 cm³/mol. The van der Waals surface area contributed by atoms with Gasteiger partial charge in [-0.2, -0.15) is 0 Å². The third-order valence-electron chi connectivity index (χ3n) is 9.70. The van der Waals surface area contributed by atoms with E-state index in [2.05, 4.69) is 6.92 Å². The van der Waals surface area contributed by atoms with Gasteiger partial charge in [-0.15, -0.1) is 0 Å². The van der Waals surface area contributed by atoms with Crippen molar-refractivity contribution >= 4 is 5.78 Å². The van der Waals surface area contributed by atoms with Crippen LogP contribution >= 0.6 is 0 Å². The fourth-order valence-electron chi connectivity index (χ4n) is 8.60. The maximum Gasteiger partial charge on any atom is 0.157 e. The van der Waals surface area contributed by atoms with Crippen LogP contribution in [0, 0.1) is 40.4 Å². The van der Waals surface area contributed by atoms with Gasteiger partial charge in [0.2, 0.25) is 0 Å². The topological polar surface area (TPSA) is 81.6 Å². The number of hydrogen-bond acceptors (Lipinski definition) is 5. The summed E-state index contributed by atoms with van der Waals surface area (Å²) in [7, 11) is 1.90. The summed E-state index contributed by atoms with van der Waals surface area (Å²) in [6, 6.07) is 0. The van der Waals surface area contributed by atoms with E-state index in [1.807, 2.05) is 7.11 Å². The van der Waals surface area contributed by atoms with Gasteiger partial charge in [-0.25, -0.2) is 5.84 Å². The lowest BCUT2D eigenvalue weighted by Gasteiger charge is -2.61. The van der Waals surface area contributed by atoms with Gasteiger partial charge < -0.3 is 15.5 Å². The quantitative estimate of drug-likeness (QED) is 0.520. The second-order valence-corrected chi connectivity index (χ2v) is 10.7. The van der Waals surface area contributed by atoms with Crippen LogP contribution in [0.3, 0.4) is 0 Å². The first-order valence-corrected chi connectivity index (χ1v) is 11.9. The summed E-state index contributed by atoms with van der Waals surface area (Å²) in [6.07, 6.45) is 15.9. The van der Waals surface area contributed by atoms with Crippen molar-refractivity contribution < 1.29 is 9.53 Å². The van der Waals surface area contributed by atoms with E-state index < -0.39 is 0 Å². The fraction of sp³-hybridized carbons (Fsp3) is 0.875. The maximum absolute atomic E-state index is 13.1. The first kappa shape index (κ1) is 21.2. The van der Waals surface area contributed by atoms with Crippen molar-refractivity contribution in [1.29, 1.82) is 0 Å². The highest BCUT2D eigenvalue weighted by Crippen LogP contribution is 2.67. The van der Waals surface area contributed by atoms with Crippen molar-refractivity contribution in [1.82, 2.24) is 5.01 Å². The van der Waals surface area contributed by atoms with E-state index in [0.29, 0.717) is 17.1 Å². The fourth-order valence-corrected chi connectivity index (χ4v) is 8.60. The van der Waals surface area contributed by atoms with Gasteiger partial charge in [-0.1, -0.05) is 19.8 Å². The SMILES string of the molecule is COCC12CCCCC1CCC1C3CCC(C(=O)CN(N)/C=C\N)C3(C)CCC12. The second kappa shape index (κ2) is 8.22. The van der Waals surface area contributed by atoms with Crippen LogP contribution in [0.5, 0.6) is 0 Å². The Hall–Kier alpha value is -1.07. The first-order valence-electron chi connectivity index (χ1n) is 11.9. The molecule has 0 aromatic rings. The summed E-state index contributed by atoms with van der Waals surface area (Å²) in [6.45, 7) is 3.63. The molecule has 29 heavy (non-hydrogen) atoms. The molecule has 0 spiro atoms. The van der Waals surface area contributed by atoms with E-state index in [1.54, 1.807) is 6.20 Å². The van der Waals surface area contributed by atoms with Crippen LogP contribution in [-0.4, -0.2) is 31.1 Å². The van der Waals surface area contributed by atoms with E-state index in [1.165, 1.54) is 69.0 Å². The standard InChI is InChI=1S/C24H41N3O2/c1-23-12-10-20-18(7-6-17-5-3-4-11-24(17,20)16-29-2)19(23)8-9-21(23)22(28)15-27(26)14-13-25/h13-14,17-21H,3-12,15-16,25-26H2,1-2H3/b14-13-. The molecule has 0 amide bonds. The molecule has 7 unspecified atom stereocenters. The number of hydrazine groups is 1. The summed E-state index contributed by atoms with van der Waals surface area (Å²) in [5, 5.41) is 1.44. The number of nitrogens with two attached hydrogens (primary N) is 2. The molecule has 4 aliphatic rings. The Morgan fingerprint density at radius 1 is 1.10 bits per heavy atom. The lowest BCUT2D eigenvalue weighted by molar-refractivity contribution is -0.150. The Labute approximate surface area is 176 Å². The highest BCUT2D eigenvalue weighted by Gasteiger charge is 2.61. The number of rotatable bonds is 6. The Balaban J connectivity index is 1.55. The molecule has 0 radical (unpaired) electrons. The highest BCUT2D eigenvalue weighted by molar-refractivity contribution is 5.84. The molecular weight excluding hydrogens is 362 g/mol. The molecule has 4 saturated carbocycles. The monoisotopic (exact) mass is 403 g/mol. The van der Waals surface area contributed by atoms with Crippen LogP contribution in [0.1, 0.15) is 71.1 Å². The average Bonchev–Trinajstić information content (AvgIpc) is 3.05. The van der Waals surface area contributed by atoms with E-state index in [4.69, 9.17) is 16.3 Å². The Kier molecular flexibility index (Phi) is 6.00. The van der Waals surface area contributed by atoms with Gasteiger partial charge in [-0.05, 0) is 85.9 Å². The zero-order chi connectivity index (χ0) is 20.6. The van der Waals surface area contributed by atoms with Crippen LogP contribution in [0.2, 0.25) is 0 Å². The molecule has 4 aliphatic carbocycles. The van der Waals surface area contributed by atoms with Gasteiger partial charge in [0, 0.05) is 25.4 Å². The molecule has 164 valence electrons. The molecule has 7 atom stereocenters. The van der Waals surface area contributed by atoms with Crippen LogP contribution in [0.4, 0.5) is 0 Å². The number of hydrogen-bond donors (Lipinski definition) is 2. The Morgan fingerprint density at radius 2 is 1.93 bits per heavy atom. The van der Waals surface area contributed by atoms with Gasteiger partial charge >= 0.3 is 0 Å². The van der Waals surface area contributed by atoms with Crippen LogP contribution in [0.25, 0.3) is 0 Å². The molecule has 0 aliphatic heterocycles. The summed E-state index contributed by atoms with van der Waals surface area (Å²) >= 11 is 0. The molecular formula is C24H41N3O2. The molecule has 4 fully saturated rings. The lowest BCUT2D eigenvalue weighted by Crippen LogP contribution is -2.56. The number of methoxy groups -OCH3 is 1. The van der Waals surface area contributed by atoms with E-state index in [0.717, 1.165) is 30.8 Å². The van der Waals surface area contributed by atoms with Gasteiger partial charge in [0.1, 0.15) is 0 Å². The Bertz CT molecular complexity index is 634. The number of carbonyl (C=O) groups is 1. The van der Waals surface area contributed by atoms with Crippen molar-refractivity contribution in [2.24, 2.45) is 52.0 Å². The largest absolute Gasteiger partial charge is 0.403 e. The molecule has 0 bridgehead atoms. The zero-order valence-electron chi connectivity index (χ0n) is 18.4. The van der Waals surface area contributed by atoms with Crippen molar-refractivity contribution in [2.75, 3.05) is 20.3 Å². The molecule has 0 aromatic heterocycles. The van der Waals surface area contributed by atoms with E-state index >= 15 is 0 Å². The smallest absolute Gasteiger partial charge is 0.157 e. The number of carbonyl (C=O) groups excluding carboxylic acids is 1. The summed E-state index contributed by atoms with van der Waals surface area (Å²) in [5.41, 5.74) is 5.97. The summed E-state index contributed by atoms with van der Waals surface area (Å²) in [4.78, 5) is 13.1. The average molecular weight is 404 g/mol. The third-order valence-corrected chi connectivity index (χ3v) is 9.70. The van der Waals surface area contributed by atoms with Gasteiger partial charge in [0.15, 0.2) is 5.78 Å². The van der Waals surface area contributed by atoms with Crippen molar-refractivity contribution in [2.45, 2.75) is 71.1 Å². The second-order valence-electron chi connectivity index (χ2n) is 10.7. The molecule has 0 saturated heterocycles. The summed E-state index contributed by atoms with van der Waals surface area (Å²) < 4.78 is 5.86. The van der Waals surface area contributed by atoms with Crippen molar-refractivity contribution in [3.8, 4) is 0 Å². The van der Waals surface area contributed by atoms with E-state index in [9.17, 15) is 4.79 Å². The van der Waals surface area contributed by atoms with Crippen LogP contribution in [0.15, 0.2) is 12.4 Å². The number of nitrogens with zero attached hydrogens (tertiary/aromatic N) is 1. The minimum Gasteiger partial charge on any atom is -0.403 e. The molecule has 5 nitrogen and oxygen atoms in total. The lowest BCUT2D eigenvalue weighted by atomic mass is 9.44. The van der Waals surface area contributed by atoms with Gasteiger partial charge in [0.05, 0.1) is 13.2 Å². The number of ether oxygens (including phenoxy) is 1. The van der Waals surface area contributed by atoms with Crippen LogP contribution < -0.4 is 11.6 Å².